The fourth-order valence-electron chi connectivity index (χ4n) is 2.28. The summed E-state index contributed by atoms with van der Waals surface area (Å²) in [4.78, 5) is 2.52. The summed E-state index contributed by atoms with van der Waals surface area (Å²) in [5, 5.41) is 3.35. The van der Waals surface area contributed by atoms with Gasteiger partial charge < -0.3 is 5.32 Å². The fourth-order valence-corrected chi connectivity index (χ4v) is 2.52. The number of likely N-dealkylation sites (N-methyl/N-ethyl adjacent to an activating group) is 1. The second-order valence-corrected chi connectivity index (χ2v) is 5.45. The minimum absolute atomic E-state index is 0.677. The molecule has 1 aliphatic heterocycles. The van der Waals surface area contributed by atoms with Crippen LogP contribution in [-0.2, 0) is 6.54 Å². The van der Waals surface area contributed by atoms with Gasteiger partial charge in [-0.05, 0) is 37.6 Å². The average Bonchev–Trinajstić information content (AvgIpc) is 2.71. The first-order chi connectivity index (χ1) is 7.69. The van der Waals surface area contributed by atoms with E-state index in [4.69, 9.17) is 0 Å². The summed E-state index contributed by atoms with van der Waals surface area (Å²) < 4.78 is 1.20. The van der Waals surface area contributed by atoms with Gasteiger partial charge in [-0.3, -0.25) is 4.90 Å². The van der Waals surface area contributed by atoms with E-state index >= 15 is 0 Å². The lowest BCUT2D eigenvalue weighted by atomic mass is 10.1. The Balaban J connectivity index is 1.97. The van der Waals surface area contributed by atoms with Crippen LogP contribution in [0.5, 0.6) is 0 Å². The summed E-state index contributed by atoms with van der Waals surface area (Å²) in [6.45, 7) is 5.60. The third kappa shape index (κ3) is 2.84. The molecule has 0 spiro atoms. The zero-order valence-corrected chi connectivity index (χ0v) is 11.5. The number of likely N-dealkylation sites (tertiary alicyclic amines) is 1. The maximum atomic E-state index is 3.54. The molecule has 1 aromatic carbocycles. The molecule has 0 aromatic heterocycles. The average molecular weight is 283 g/mol. The molecule has 1 heterocycles. The normalized spacial score (nSPS) is 21.6. The van der Waals surface area contributed by atoms with Crippen LogP contribution in [0.25, 0.3) is 0 Å². The molecule has 2 rings (SSSR count). The van der Waals surface area contributed by atoms with Crippen LogP contribution in [0.4, 0.5) is 0 Å². The van der Waals surface area contributed by atoms with Crippen LogP contribution in [-0.4, -0.2) is 31.1 Å². The third-order valence-corrected chi connectivity index (χ3v) is 4.20. The molecule has 0 radical (unpaired) electrons. The molecule has 1 atom stereocenters. The molecule has 0 aliphatic carbocycles. The molecule has 88 valence electrons. The standard InChI is InChI=1S/C13H19BrN2/c1-10-7-11(3-4-13(10)14)8-16-6-5-12(9-16)15-2/h3-4,7,12,15H,5-6,8-9H2,1-2H3. The van der Waals surface area contributed by atoms with Crippen LogP contribution in [0.2, 0.25) is 0 Å². The minimum Gasteiger partial charge on any atom is -0.316 e. The van der Waals surface area contributed by atoms with Crippen molar-refractivity contribution >= 4 is 15.9 Å². The number of halogens is 1. The molecule has 2 nitrogen and oxygen atoms in total. The Labute approximate surface area is 106 Å². The highest BCUT2D eigenvalue weighted by Gasteiger charge is 2.20. The Morgan fingerprint density at radius 2 is 2.31 bits per heavy atom. The van der Waals surface area contributed by atoms with E-state index in [1.165, 1.54) is 35.1 Å². The van der Waals surface area contributed by atoms with Gasteiger partial charge in [0.25, 0.3) is 0 Å². The highest BCUT2D eigenvalue weighted by molar-refractivity contribution is 9.10. The van der Waals surface area contributed by atoms with Gasteiger partial charge in [0.2, 0.25) is 0 Å². The smallest absolute Gasteiger partial charge is 0.0234 e. The molecule has 1 saturated heterocycles. The first-order valence-corrected chi connectivity index (χ1v) is 6.63. The second kappa shape index (κ2) is 5.30. The van der Waals surface area contributed by atoms with Crippen LogP contribution in [0.1, 0.15) is 17.5 Å². The van der Waals surface area contributed by atoms with E-state index in [1.54, 1.807) is 0 Å². The minimum atomic E-state index is 0.677. The van der Waals surface area contributed by atoms with Crippen molar-refractivity contribution in [3.8, 4) is 0 Å². The Kier molecular flexibility index (Phi) is 4.00. The van der Waals surface area contributed by atoms with E-state index in [-0.39, 0.29) is 0 Å². The van der Waals surface area contributed by atoms with Gasteiger partial charge >= 0.3 is 0 Å². The Hall–Kier alpha value is -0.380. The molecule has 0 amide bonds. The molecule has 3 heteroatoms. The Bertz CT molecular complexity index is 365. The molecule has 16 heavy (non-hydrogen) atoms. The summed E-state index contributed by atoms with van der Waals surface area (Å²) in [7, 11) is 2.05. The van der Waals surface area contributed by atoms with E-state index in [0.29, 0.717) is 6.04 Å². The van der Waals surface area contributed by atoms with E-state index < -0.39 is 0 Å². The zero-order valence-electron chi connectivity index (χ0n) is 9.96. The molecule has 1 aromatic rings. The third-order valence-electron chi connectivity index (χ3n) is 3.31. The number of hydrogen-bond donors (Lipinski definition) is 1. The summed E-state index contributed by atoms with van der Waals surface area (Å²) in [5.41, 5.74) is 2.74. The van der Waals surface area contributed by atoms with Crippen molar-refractivity contribution in [3.05, 3.63) is 33.8 Å². The molecule has 1 N–H and O–H groups in total. The van der Waals surface area contributed by atoms with Gasteiger partial charge in [-0.2, -0.15) is 0 Å². The molecule has 1 aliphatic rings. The van der Waals surface area contributed by atoms with Crippen molar-refractivity contribution in [1.29, 1.82) is 0 Å². The SMILES string of the molecule is CNC1CCN(Cc2ccc(Br)c(C)c2)C1. The Morgan fingerprint density at radius 3 is 2.94 bits per heavy atom. The summed E-state index contributed by atoms with van der Waals surface area (Å²) >= 11 is 3.54. The largest absolute Gasteiger partial charge is 0.316 e. The monoisotopic (exact) mass is 282 g/mol. The number of aryl methyl sites for hydroxylation is 1. The lowest BCUT2D eigenvalue weighted by molar-refractivity contribution is 0.322. The lowest BCUT2D eigenvalue weighted by Gasteiger charge is -2.16. The topological polar surface area (TPSA) is 15.3 Å². The van der Waals surface area contributed by atoms with Gasteiger partial charge in [-0.15, -0.1) is 0 Å². The highest BCUT2D eigenvalue weighted by Crippen LogP contribution is 2.19. The maximum Gasteiger partial charge on any atom is 0.0234 e. The second-order valence-electron chi connectivity index (χ2n) is 4.59. The van der Waals surface area contributed by atoms with Crippen molar-refractivity contribution in [2.24, 2.45) is 0 Å². The lowest BCUT2D eigenvalue weighted by Crippen LogP contribution is -2.29. The van der Waals surface area contributed by atoms with Crippen LogP contribution in [0, 0.1) is 6.92 Å². The number of nitrogens with one attached hydrogen (secondary N) is 1. The predicted octanol–water partition coefficient (Wildman–Crippen LogP) is 2.55. The first kappa shape index (κ1) is 12.1. The van der Waals surface area contributed by atoms with Gasteiger partial charge in [-0.1, -0.05) is 28.1 Å². The number of hydrogen-bond acceptors (Lipinski definition) is 2. The van der Waals surface area contributed by atoms with Gasteiger partial charge in [-0.25, -0.2) is 0 Å². The summed E-state index contributed by atoms with van der Waals surface area (Å²) in [5.74, 6) is 0. The van der Waals surface area contributed by atoms with Gasteiger partial charge in [0.05, 0.1) is 0 Å². The van der Waals surface area contributed by atoms with Crippen molar-refractivity contribution in [2.45, 2.75) is 25.9 Å². The molecule has 0 bridgehead atoms. The van der Waals surface area contributed by atoms with Crippen molar-refractivity contribution in [2.75, 3.05) is 20.1 Å². The number of nitrogens with zero attached hydrogens (tertiary/aromatic N) is 1. The molecule has 0 saturated carbocycles. The van der Waals surface area contributed by atoms with E-state index in [9.17, 15) is 0 Å². The quantitative estimate of drug-likeness (QED) is 0.917. The number of rotatable bonds is 3. The summed E-state index contributed by atoms with van der Waals surface area (Å²) in [6, 6.07) is 7.31. The zero-order chi connectivity index (χ0) is 11.5. The summed E-state index contributed by atoms with van der Waals surface area (Å²) in [6.07, 6.45) is 1.27. The van der Waals surface area contributed by atoms with Gasteiger partial charge in [0, 0.05) is 30.1 Å². The Morgan fingerprint density at radius 1 is 1.50 bits per heavy atom. The molecule has 1 unspecified atom stereocenters. The molecular formula is C13H19BrN2. The van der Waals surface area contributed by atoms with E-state index in [2.05, 4.69) is 58.3 Å². The fraction of sp³-hybridized carbons (Fsp3) is 0.538. The number of benzene rings is 1. The molecular weight excluding hydrogens is 264 g/mol. The van der Waals surface area contributed by atoms with Gasteiger partial charge in [0.1, 0.15) is 0 Å². The van der Waals surface area contributed by atoms with Crippen LogP contribution in [0.3, 0.4) is 0 Å². The van der Waals surface area contributed by atoms with Crippen LogP contribution >= 0.6 is 15.9 Å². The van der Waals surface area contributed by atoms with Crippen LogP contribution < -0.4 is 5.32 Å². The van der Waals surface area contributed by atoms with E-state index in [0.717, 1.165) is 6.54 Å². The predicted molar refractivity (Wildman–Crippen MR) is 71.6 cm³/mol. The van der Waals surface area contributed by atoms with Gasteiger partial charge in [0.15, 0.2) is 0 Å². The van der Waals surface area contributed by atoms with Crippen molar-refractivity contribution in [1.82, 2.24) is 10.2 Å². The first-order valence-electron chi connectivity index (χ1n) is 5.83. The highest BCUT2D eigenvalue weighted by atomic mass is 79.9. The van der Waals surface area contributed by atoms with Crippen LogP contribution in [0.15, 0.2) is 22.7 Å². The van der Waals surface area contributed by atoms with E-state index in [1.807, 2.05) is 0 Å². The van der Waals surface area contributed by atoms with Crippen molar-refractivity contribution in [3.63, 3.8) is 0 Å². The molecule has 1 fully saturated rings. The van der Waals surface area contributed by atoms with Crippen molar-refractivity contribution < 1.29 is 0 Å². The maximum absolute atomic E-state index is 3.54.